The molecule has 0 fully saturated rings. The number of nitrogens with two attached hydrogens (primary N) is 1. The van der Waals surface area contributed by atoms with Crippen molar-refractivity contribution in [2.75, 3.05) is 6.61 Å². The summed E-state index contributed by atoms with van der Waals surface area (Å²) in [4.78, 5) is 0. The van der Waals surface area contributed by atoms with Crippen LogP contribution in [0.15, 0.2) is 12.2 Å². The zero-order valence-corrected chi connectivity index (χ0v) is 9.73. The van der Waals surface area contributed by atoms with Crippen LogP contribution in [0.4, 0.5) is 0 Å². The SMILES string of the molecule is CCCCCCC/C=C/[C@H](O)[C@H](N)CO. The summed E-state index contributed by atoms with van der Waals surface area (Å²) in [5, 5.41) is 18.1. The Balaban J connectivity index is 3.37. The van der Waals surface area contributed by atoms with Gasteiger partial charge in [-0.3, -0.25) is 0 Å². The van der Waals surface area contributed by atoms with Gasteiger partial charge in [0, 0.05) is 0 Å². The maximum atomic E-state index is 9.39. The van der Waals surface area contributed by atoms with E-state index in [2.05, 4.69) is 6.92 Å². The average molecular weight is 215 g/mol. The van der Waals surface area contributed by atoms with E-state index in [-0.39, 0.29) is 6.61 Å². The zero-order chi connectivity index (χ0) is 11.5. The van der Waals surface area contributed by atoms with Crippen LogP contribution in [0, 0.1) is 0 Å². The number of aliphatic hydroxyl groups is 2. The highest BCUT2D eigenvalue weighted by Crippen LogP contribution is 2.05. The number of aliphatic hydroxyl groups excluding tert-OH is 2. The molecule has 0 amide bonds. The number of rotatable bonds is 9. The van der Waals surface area contributed by atoms with Gasteiger partial charge in [-0.15, -0.1) is 0 Å². The second-order valence-electron chi connectivity index (χ2n) is 3.97. The maximum absolute atomic E-state index is 9.39. The van der Waals surface area contributed by atoms with Gasteiger partial charge in [0.25, 0.3) is 0 Å². The summed E-state index contributed by atoms with van der Waals surface area (Å²) < 4.78 is 0. The molecular formula is C12H25NO2. The molecule has 0 unspecified atom stereocenters. The van der Waals surface area contributed by atoms with Gasteiger partial charge in [-0.05, 0) is 12.8 Å². The van der Waals surface area contributed by atoms with Gasteiger partial charge in [0.2, 0.25) is 0 Å². The fourth-order valence-corrected chi connectivity index (χ4v) is 1.35. The van der Waals surface area contributed by atoms with Crippen molar-refractivity contribution in [2.24, 2.45) is 5.73 Å². The molecule has 0 saturated heterocycles. The first-order valence-corrected chi connectivity index (χ1v) is 5.93. The molecule has 4 N–H and O–H groups in total. The molecule has 0 aromatic rings. The van der Waals surface area contributed by atoms with E-state index < -0.39 is 12.1 Å². The summed E-state index contributed by atoms with van der Waals surface area (Å²) in [6.45, 7) is 2.02. The van der Waals surface area contributed by atoms with Crippen molar-refractivity contribution < 1.29 is 10.2 Å². The third kappa shape index (κ3) is 8.60. The van der Waals surface area contributed by atoms with E-state index in [4.69, 9.17) is 10.8 Å². The van der Waals surface area contributed by atoms with Gasteiger partial charge in [0.1, 0.15) is 0 Å². The normalized spacial score (nSPS) is 15.7. The second kappa shape index (κ2) is 10.1. The van der Waals surface area contributed by atoms with Crippen molar-refractivity contribution in [1.29, 1.82) is 0 Å². The molecule has 0 saturated carbocycles. The fourth-order valence-electron chi connectivity index (χ4n) is 1.35. The molecule has 0 aromatic heterocycles. The van der Waals surface area contributed by atoms with Crippen molar-refractivity contribution >= 4 is 0 Å². The van der Waals surface area contributed by atoms with Gasteiger partial charge < -0.3 is 15.9 Å². The lowest BCUT2D eigenvalue weighted by Crippen LogP contribution is -2.36. The number of allylic oxidation sites excluding steroid dienone is 1. The smallest absolute Gasteiger partial charge is 0.0894 e. The van der Waals surface area contributed by atoms with E-state index in [0.717, 1.165) is 12.8 Å². The van der Waals surface area contributed by atoms with E-state index in [1.165, 1.54) is 25.7 Å². The highest BCUT2D eigenvalue weighted by molar-refractivity contribution is 4.93. The maximum Gasteiger partial charge on any atom is 0.0894 e. The van der Waals surface area contributed by atoms with Crippen LogP contribution in [0.2, 0.25) is 0 Å². The van der Waals surface area contributed by atoms with Gasteiger partial charge in [-0.1, -0.05) is 44.8 Å². The fraction of sp³-hybridized carbons (Fsp3) is 0.833. The summed E-state index contributed by atoms with van der Waals surface area (Å²) in [6, 6.07) is -0.554. The van der Waals surface area contributed by atoms with Gasteiger partial charge in [0.05, 0.1) is 18.8 Å². The molecular weight excluding hydrogens is 190 g/mol. The molecule has 2 atom stereocenters. The quantitative estimate of drug-likeness (QED) is 0.404. The monoisotopic (exact) mass is 215 g/mol. The topological polar surface area (TPSA) is 66.5 Å². The Bertz CT molecular complexity index is 160. The van der Waals surface area contributed by atoms with Crippen molar-refractivity contribution in [3.05, 3.63) is 12.2 Å². The Kier molecular flexibility index (Phi) is 9.89. The number of unbranched alkanes of at least 4 members (excludes halogenated alkanes) is 5. The third-order valence-corrected chi connectivity index (χ3v) is 2.46. The van der Waals surface area contributed by atoms with Crippen molar-refractivity contribution in [3.8, 4) is 0 Å². The molecule has 0 aliphatic rings. The molecule has 0 radical (unpaired) electrons. The molecule has 0 aromatic carbocycles. The van der Waals surface area contributed by atoms with Crippen LogP contribution in [-0.4, -0.2) is 29.0 Å². The predicted octanol–water partition coefficient (Wildman–Crippen LogP) is 1.58. The highest BCUT2D eigenvalue weighted by atomic mass is 16.3. The van der Waals surface area contributed by atoms with Crippen LogP contribution >= 0.6 is 0 Å². The number of hydrogen-bond acceptors (Lipinski definition) is 3. The lowest BCUT2D eigenvalue weighted by Gasteiger charge is -2.11. The summed E-state index contributed by atoms with van der Waals surface area (Å²) in [5.74, 6) is 0. The highest BCUT2D eigenvalue weighted by Gasteiger charge is 2.08. The lowest BCUT2D eigenvalue weighted by molar-refractivity contribution is 0.144. The van der Waals surface area contributed by atoms with Crippen molar-refractivity contribution in [1.82, 2.24) is 0 Å². The minimum absolute atomic E-state index is 0.179. The predicted molar refractivity (Wildman–Crippen MR) is 63.6 cm³/mol. The Labute approximate surface area is 93.0 Å². The molecule has 3 nitrogen and oxygen atoms in total. The van der Waals surface area contributed by atoms with Crippen molar-refractivity contribution in [3.63, 3.8) is 0 Å². The van der Waals surface area contributed by atoms with Crippen LogP contribution in [0.3, 0.4) is 0 Å². The van der Waals surface area contributed by atoms with E-state index in [1.54, 1.807) is 6.08 Å². The molecule has 0 spiro atoms. The second-order valence-corrected chi connectivity index (χ2v) is 3.97. The van der Waals surface area contributed by atoms with Crippen molar-refractivity contribution in [2.45, 2.75) is 57.6 Å². The molecule has 90 valence electrons. The summed E-state index contributed by atoms with van der Waals surface area (Å²) in [6.07, 6.45) is 10.2. The van der Waals surface area contributed by atoms with E-state index >= 15 is 0 Å². The van der Waals surface area contributed by atoms with Crippen LogP contribution < -0.4 is 5.73 Å². The minimum atomic E-state index is -0.717. The molecule has 0 heterocycles. The largest absolute Gasteiger partial charge is 0.395 e. The van der Waals surface area contributed by atoms with Gasteiger partial charge in [-0.2, -0.15) is 0 Å². The molecule has 3 heteroatoms. The Morgan fingerprint density at radius 3 is 2.47 bits per heavy atom. The third-order valence-electron chi connectivity index (χ3n) is 2.46. The summed E-state index contributed by atoms with van der Waals surface area (Å²) in [7, 11) is 0. The summed E-state index contributed by atoms with van der Waals surface area (Å²) in [5.41, 5.74) is 5.45. The molecule has 0 bridgehead atoms. The van der Waals surface area contributed by atoms with Gasteiger partial charge in [0.15, 0.2) is 0 Å². The first-order chi connectivity index (χ1) is 7.22. The first kappa shape index (κ1) is 14.6. The van der Waals surface area contributed by atoms with E-state index in [1.807, 2.05) is 6.08 Å². The van der Waals surface area contributed by atoms with Crippen LogP contribution in [0.25, 0.3) is 0 Å². The Morgan fingerprint density at radius 1 is 1.20 bits per heavy atom. The van der Waals surface area contributed by atoms with E-state index in [0.29, 0.717) is 0 Å². The number of hydrogen-bond donors (Lipinski definition) is 3. The lowest BCUT2D eigenvalue weighted by atomic mass is 10.1. The molecule has 0 rings (SSSR count). The zero-order valence-electron chi connectivity index (χ0n) is 9.73. The molecule has 15 heavy (non-hydrogen) atoms. The van der Waals surface area contributed by atoms with Crippen LogP contribution in [0.1, 0.15) is 45.4 Å². The van der Waals surface area contributed by atoms with E-state index in [9.17, 15) is 5.11 Å². The van der Waals surface area contributed by atoms with Crippen LogP contribution in [0.5, 0.6) is 0 Å². The Hall–Kier alpha value is -0.380. The minimum Gasteiger partial charge on any atom is -0.395 e. The Morgan fingerprint density at radius 2 is 1.87 bits per heavy atom. The average Bonchev–Trinajstić information content (AvgIpc) is 2.26. The standard InChI is InChI=1S/C12H25NO2/c1-2-3-4-5-6-7-8-9-12(15)11(13)10-14/h8-9,11-12,14-15H,2-7,10,13H2,1H3/b9-8+/t11-,12+/m1/s1. The van der Waals surface area contributed by atoms with Gasteiger partial charge >= 0.3 is 0 Å². The van der Waals surface area contributed by atoms with Gasteiger partial charge in [-0.25, -0.2) is 0 Å². The van der Waals surface area contributed by atoms with Crippen LogP contribution in [-0.2, 0) is 0 Å². The summed E-state index contributed by atoms with van der Waals surface area (Å²) >= 11 is 0. The molecule has 0 aliphatic carbocycles. The molecule has 0 aliphatic heterocycles. The first-order valence-electron chi connectivity index (χ1n) is 5.93.